The zero-order chi connectivity index (χ0) is 13.2. The highest BCUT2D eigenvalue weighted by Crippen LogP contribution is 2.26. The van der Waals surface area contributed by atoms with E-state index in [4.69, 9.17) is 0 Å². The van der Waals surface area contributed by atoms with Crippen molar-refractivity contribution >= 4 is 21.8 Å². The third kappa shape index (κ3) is 2.70. The highest BCUT2D eigenvalue weighted by Gasteiger charge is 2.36. The van der Waals surface area contributed by atoms with Crippen LogP contribution in [0.2, 0.25) is 0 Å². The summed E-state index contributed by atoms with van der Waals surface area (Å²) >= 11 is 3.41. The largest absolute Gasteiger partial charge is 0.334 e. The van der Waals surface area contributed by atoms with Gasteiger partial charge in [0.25, 0.3) is 5.91 Å². The number of nitrogens with one attached hydrogen (secondary N) is 1. The van der Waals surface area contributed by atoms with E-state index >= 15 is 0 Å². The fraction of sp³-hybridized carbons (Fsp3) is 0.533. The van der Waals surface area contributed by atoms with E-state index in [0.29, 0.717) is 12.1 Å². The van der Waals surface area contributed by atoms with Crippen LogP contribution < -0.4 is 5.32 Å². The standard InChI is InChI=1S/C15H19BrN2O/c16-12-7-5-11(6-8-12)15(19)18-10-2-4-14(18)13-3-1-9-17-13/h5-8,13-14,17H,1-4,9-10H2. The molecule has 0 saturated carbocycles. The molecule has 3 nitrogen and oxygen atoms in total. The van der Waals surface area contributed by atoms with E-state index in [-0.39, 0.29) is 5.91 Å². The average molecular weight is 323 g/mol. The molecule has 2 aliphatic heterocycles. The van der Waals surface area contributed by atoms with Crippen LogP contribution in [0.25, 0.3) is 0 Å². The summed E-state index contributed by atoms with van der Waals surface area (Å²) < 4.78 is 1.01. The predicted molar refractivity (Wildman–Crippen MR) is 79.2 cm³/mol. The fourth-order valence-electron chi connectivity index (χ4n) is 3.26. The van der Waals surface area contributed by atoms with Crippen LogP contribution >= 0.6 is 15.9 Å². The molecule has 1 N–H and O–H groups in total. The number of halogens is 1. The van der Waals surface area contributed by atoms with Crippen molar-refractivity contribution in [2.24, 2.45) is 0 Å². The third-order valence-corrected chi connectivity index (χ3v) is 4.74. The van der Waals surface area contributed by atoms with Crippen molar-refractivity contribution in [1.82, 2.24) is 10.2 Å². The van der Waals surface area contributed by atoms with Gasteiger partial charge in [0.15, 0.2) is 0 Å². The van der Waals surface area contributed by atoms with Gasteiger partial charge in [-0.3, -0.25) is 4.79 Å². The first kappa shape index (κ1) is 13.1. The van der Waals surface area contributed by atoms with Crippen molar-refractivity contribution in [1.29, 1.82) is 0 Å². The Morgan fingerprint density at radius 2 is 2.00 bits per heavy atom. The normalized spacial score (nSPS) is 26.9. The predicted octanol–water partition coefficient (Wildman–Crippen LogP) is 2.81. The molecule has 0 aromatic heterocycles. The topological polar surface area (TPSA) is 32.3 Å². The van der Waals surface area contributed by atoms with E-state index in [1.165, 1.54) is 12.8 Å². The van der Waals surface area contributed by atoms with Gasteiger partial charge in [-0.2, -0.15) is 0 Å². The maximum atomic E-state index is 12.6. The summed E-state index contributed by atoms with van der Waals surface area (Å²) in [4.78, 5) is 14.7. The molecule has 1 aromatic carbocycles. The van der Waals surface area contributed by atoms with E-state index in [9.17, 15) is 4.79 Å². The fourth-order valence-corrected chi connectivity index (χ4v) is 3.53. The Kier molecular flexibility index (Phi) is 3.89. The Morgan fingerprint density at radius 3 is 2.68 bits per heavy atom. The molecule has 4 heteroatoms. The lowest BCUT2D eigenvalue weighted by molar-refractivity contribution is 0.0711. The maximum absolute atomic E-state index is 12.6. The zero-order valence-corrected chi connectivity index (χ0v) is 12.5. The van der Waals surface area contributed by atoms with Gasteiger partial charge in [0.2, 0.25) is 0 Å². The van der Waals surface area contributed by atoms with Gasteiger partial charge in [-0.1, -0.05) is 15.9 Å². The molecule has 2 heterocycles. The van der Waals surface area contributed by atoms with E-state index in [1.807, 2.05) is 24.3 Å². The van der Waals surface area contributed by atoms with Crippen LogP contribution in [0, 0.1) is 0 Å². The molecule has 2 aliphatic rings. The van der Waals surface area contributed by atoms with E-state index in [0.717, 1.165) is 36.0 Å². The summed E-state index contributed by atoms with van der Waals surface area (Å²) in [6.07, 6.45) is 4.71. The lowest BCUT2D eigenvalue weighted by Gasteiger charge is -2.29. The van der Waals surface area contributed by atoms with Gasteiger partial charge in [-0.15, -0.1) is 0 Å². The first-order valence-electron chi connectivity index (χ1n) is 7.05. The van der Waals surface area contributed by atoms with Gasteiger partial charge >= 0.3 is 0 Å². The average Bonchev–Trinajstić information content (AvgIpc) is 3.09. The minimum atomic E-state index is 0.184. The summed E-state index contributed by atoms with van der Waals surface area (Å²) in [6, 6.07) is 8.58. The van der Waals surface area contributed by atoms with Gasteiger partial charge in [0.05, 0.1) is 0 Å². The Bertz CT molecular complexity index is 454. The molecule has 0 bridgehead atoms. The van der Waals surface area contributed by atoms with Crippen molar-refractivity contribution < 1.29 is 4.79 Å². The molecule has 2 fully saturated rings. The Balaban J connectivity index is 1.76. The molecule has 2 unspecified atom stereocenters. The van der Waals surface area contributed by atoms with Crippen LogP contribution in [0.4, 0.5) is 0 Å². The van der Waals surface area contributed by atoms with E-state index in [1.54, 1.807) is 0 Å². The molecule has 0 spiro atoms. The number of amides is 1. The van der Waals surface area contributed by atoms with Crippen LogP contribution in [-0.2, 0) is 0 Å². The molecule has 0 radical (unpaired) electrons. The van der Waals surface area contributed by atoms with Crippen molar-refractivity contribution in [3.8, 4) is 0 Å². The van der Waals surface area contributed by atoms with E-state index < -0.39 is 0 Å². The number of carbonyl (C=O) groups excluding carboxylic acids is 1. The minimum absolute atomic E-state index is 0.184. The van der Waals surface area contributed by atoms with Gasteiger partial charge < -0.3 is 10.2 Å². The molecule has 3 rings (SSSR count). The molecular weight excluding hydrogens is 304 g/mol. The second-order valence-corrected chi connectivity index (χ2v) is 6.33. The van der Waals surface area contributed by atoms with Crippen LogP contribution in [0.5, 0.6) is 0 Å². The molecule has 1 amide bonds. The summed E-state index contributed by atoms with van der Waals surface area (Å²) in [6.45, 7) is 2.00. The number of nitrogens with zero attached hydrogens (tertiary/aromatic N) is 1. The number of hydrogen-bond acceptors (Lipinski definition) is 2. The Morgan fingerprint density at radius 1 is 1.21 bits per heavy atom. The van der Waals surface area contributed by atoms with Gasteiger partial charge in [0, 0.05) is 28.7 Å². The van der Waals surface area contributed by atoms with Crippen LogP contribution in [0.3, 0.4) is 0 Å². The van der Waals surface area contributed by atoms with Crippen molar-refractivity contribution in [2.75, 3.05) is 13.1 Å². The van der Waals surface area contributed by atoms with Gasteiger partial charge in [-0.25, -0.2) is 0 Å². The van der Waals surface area contributed by atoms with Crippen molar-refractivity contribution in [3.63, 3.8) is 0 Å². The second kappa shape index (κ2) is 5.63. The quantitative estimate of drug-likeness (QED) is 0.908. The lowest BCUT2D eigenvalue weighted by Crippen LogP contribution is -2.46. The summed E-state index contributed by atoms with van der Waals surface area (Å²) in [7, 11) is 0. The smallest absolute Gasteiger partial charge is 0.254 e. The first-order chi connectivity index (χ1) is 9.25. The van der Waals surface area contributed by atoms with Gasteiger partial charge in [0.1, 0.15) is 0 Å². The number of hydrogen-bond donors (Lipinski definition) is 1. The van der Waals surface area contributed by atoms with Gasteiger partial charge in [-0.05, 0) is 56.5 Å². The Hall–Kier alpha value is -0.870. The third-order valence-electron chi connectivity index (χ3n) is 4.21. The van der Waals surface area contributed by atoms with Crippen LogP contribution in [0.1, 0.15) is 36.0 Å². The van der Waals surface area contributed by atoms with Crippen LogP contribution in [-0.4, -0.2) is 36.0 Å². The number of carbonyl (C=O) groups is 1. The second-order valence-electron chi connectivity index (χ2n) is 5.42. The molecule has 19 heavy (non-hydrogen) atoms. The molecule has 1 aromatic rings. The summed E-state index contributed by atoms with van der Waals surface area (Å²) in [5.74, 6) is 0.184. The number of benzene rings is 1. The molecular formula is C15H19BrN2O. The molecule has 2 atom stereocenters. The van der Waals surface area contributed by atoms with Crippen molar-refractivity contribution in [3.05, 3.63) is 34.3 Å². The minimum Gasteiger partial charge on any atom is -0.334 e. The highest BCUT2D eigenvalue weighted by atomic mass is 79.9. The SMILES string of the molecule is O=C(c1ccc(Br)cc1)N1CCCC1C1CCCN1. The number of likely N-dealkylation sites (tertiary alicyclic amines) is 1. The summed E-state index contributed by atoms with van der Waals surface area (Å²) in [5, 5.41) is 3.54. The number of rotatable bonds is 2. The molecule has 2 saturated heterocycles. The van der Waals surface area contributed by atoms with Crippen LogP contribution in [0.15, 0.2) is 28.7 Å². The highest BCUT2D eigenvalue weighted by molar-refractivity contribution is 9.10. The van der Waals surface area contributed by atoms with Crippen molar-refractivity contribution in [2.45, 2.75) is 37.8 Å². The monoisotopic (exact) mass is 322 g/mol. The van der Waals surface area contributed by atoms with E-state index in [2.05, 4.69) is 26.1 Å². The summed E-state index contributed by atoms with van der Waals surface area (Å²) in [5.41, 5.74) is 0.799. The lowest BCUT2D eigenvalue weighted by atomic mass is 10.0. The molecule has 102 valence electrons. The first-order valence-corrected chi connectivity index (χ1v) is 7.85. The maximum Gasteiger partial charge on any atom is 0.254 e. The molecule has 0 aliphatic carbocycles. The zero-order valence-electron chi connectivity index (χ0n) is 10.9. The Labute approximate surface area is 122 Å².